The van der Waals surface area contributed by atoms with E-state index < -0.39 is 0 Å². The molecule has 0 saturated carbocycles. The number of benzene rings is 1. The molecule has 0 fully saturated rings. The molecule has 0 aliphatic heterocycles. The van der Waals surface area contributed by atoms with Gasteiger partial charge < -0.3 is 9.88 Å². The van der Waals surface area contributed by atoms with Gasteiger partial charge in [0.05, 0.1) is 11.0 Å². The first kappa shape index (κ1) is 20.6. The number of aryl methyl sites for hydroxylation is 1. The van der Waals surface area contributed by atoms with Crippen LogP contribution in [0, 0.1) is 6.92 Å². The molecule has 2 aromatic heterocycles. The van der Waals surface area contributed by atoms with E-state index >= 15 is 0 Å². The summed E-state index contributed by atoms with van der Waals surface area (Å²) in [5, 5.41) is 15.5. The van der Waals surface area contributed by atoms with Crippen LogP contribution in [0.1, 0.15) is 32.9 Å². The molecule has 0 radical (unpaired) electrons. The first-order chi connectivity index (χ1) is 13.4. The van der Waals surface area contributed by atoms with Gasteiger partial charge in [0.2, 0.25) is 0 Å². The summed E-state index contributed by atoms with van der Waals surface area (Å²) in [6, 6.07) is 9.61. The monoisotopic (exact) mass is 433 g/mol. The van der Waals surface area contributed by atoms with E-state index in [9.17, 15) is 4.79 Å². The Hall–Kier alpha value is -2.16. The first-order valence-electron chi connectivity index (χ1n) is 8.56. The van der Waals surface area contributed by atoms with Gasteiger partial charge in [0.1, 0.15) is 5.69 Å². The van der Waals surface area contributed by atoms with Gasteiger partial charge in [-0.3, -0.25) is 4.79 Å². The minimum Gasteiger partial charge on any atom is -0.340 e. The second-order valence-electron chi connectivity index (χ2n) is 6.17. The normalized spacial score (nSPS) is 12.0. The summed E-state index contributed by atoms with van der Waals surface area (Å²) in [6.07, 6.45) is 0.592. The molecule has 6 nitrogen and oxygen atoms in total. The highest BCUT2D eigenvalue weighted by atomic mass is 35.5. The number of thiazole rings is 1. The van der Waals surface area contributed by atoms with Crippen LogP contribution < -0.4 is 5.32 Å². The number of hydrogen-bond acceptors (Lipinski definition) is 6. The highest BCUT2D eigenvalue weighted by Gasteiger charge is 2.23. The van der Waals surface area contributed by atoms with Crippen molar-refractivity contribution in [2.45, 2.75) is 24.5 Å². The van der Waals surface area contributed by atoms with Crippen LogP contribution in [-0.4, -0.2) is 31.4 Å². The number of amides is 1. The van der Waals surface area contributed by atoms with Crippen molar-refractivity contribution in [1.29, 1.82) is 0 Å². The van der Waals surface area contributed by atoms with E-state index in [4.69, 9.17) is 11.6 Å². The van der Waals surface area contributed by atoms with E-state index in [2.05, 4.69) is 27.1 Å². The summed E-state index contributed by atoms with van der Waals surface area (Å²) in [4.78, 5) is 17.0. The maximum Gasteiger partial charge on any atom is 0.271 e. The summed E-state index contributed by atoms with van der Waals surface area (Å²) in [7, 11) is 1.88. The van der Waals surface area contributed by atoms with E-state index in [0.29, 0.717) is 33.9 Å². The van der Waals surface area contributed by atoms with Gasteiger partial charge in [-0.15, -0.1) is 21.5 Å². The van der Waals surface area contributed by atoms with Crippen molar-refractivity contribution in [3.63, 3.8) is 0 Å². The van der Waals surface area contributed by atoms with E-state index in [0.717, 1.165) is 10.6 Å². The third kappa shape index (κ3) is 5.21. The zero-order valence-corrected chi connectivity index (χ0v) is 17.9. The molecule has 0 aliphatic carbocycles. The lowest BCUT2D eigenvalue weighted by molar-refractivity contribution is 0.0929. The minimum absolute atomic E-state index is 0.225. The Morgan fingerprint density at radius 1 is 1.36 bits per heavy atom. The summed E-state index contributed by atoms with van der Waals surface area (Å²) >= 11 is 8.76. The number of nitrogens with zero attached hydrogens (tertiary/aromatic N) is 4. The van der Waals surface area contributed by atoms with Crippen molar-refractivity contribution in [1.82, 2.24) is 25.1 Å². The molecule has 146 valence electrons. The summed E-state index contributed by atoms with van der Waals surface area (Å²) in [6.45, 7) is 5.57. The number of carbonyl (C=O) groups is 1. The minimum atomic E-state index is -0.344. The Morgan fingerprint density at radius 3 is 2.75 bits per heavy atom. The molecule has 2 heterocycles. The Bertz CT molecular complexity index is 970. The zero-order chi connectivity index (χ0) is 20.1. The Labute approximate surface area is 177 Å². The standard InChI is InChI=1S/C19H20ClN5OS2/c1-12(20)10-28-19-24-23-17(25(19)3)15(9-14-7-5-4-6-8-14)22-18(26)16-11-27-13(2)21-16/h4-8,11,15H,1,9-10H2,2-3H3,(H,22,26)/t15-/m0/s1. The smallest absolute Gasteiger partial charge is 0.271 e. The molecule has 28 heavy (non-hydrogen) atoms. The van der Waals surface area contributed by atoms with Crippen LogP contribution in [0.5, 0.6) is 0 Å². The van der Waals surface area contributed by atoms with Crippen LogP contribution in [-0.2, 0) is 13.5 Å². The summed E-state index contributed by atoms with van der Waals surface area (Å²) < 4.78 is 1.88. The van der Waals surface area contributed by atoms with Crippen LogP contribution in [0.4, 0.5) is 0 Å². The maximum absolute atomic E-state index is 12.7. The lowest BCUT2D eigenvalue weighted by Crippen LogP contribution is -2.32. The third-order valence-electron chi connectivity index (χ3n) is 3.98. The second-order valence-corrected chi connectivity index (χ2v) is 8.71. The Balaban J connectivity index is 1.85. The van der Waals surface area contributed by atoms with Crippen LogP contribution in [0.15, 0.2) is 52.5 Å². The van der Waals surface area contributed by atoms with Crippen LogP contribution in [0.2, 0.25) is 0 Å². The molecule has 0 spiro atoms. The van der Waals surface area contributed by atoms with Gasteiger partial charge in [-0.2, -0.15) is 0 Å². The van der Waals surface area contributed by atoms with Gasteiger partial charge in [0.15, 0.2) is 11.0 Å². The zero-order valence-electron chi connectivity index (χ0n) is 15.6. The lowest BCUT2D eigenvalue weighted by atomic mass is 10.1. The van der Waals surface area contributed by atoms with Crippen molar-refractivity contribution in [3.8, 4) is 0 Å². The van der Waals surface area contributed by atoms with E-state index in [1.54, 1.807) is 5.38 Å². The quantitative estimate of drug-likeness (QED) is 0.540. The molecule has 0 unspecified atom stereocenters. The molecular weight excluding hydrogens is 414 g/mol. The highest BCUT2D eigenvalue weighted by molar-refractivity contribution is 7.99. The molecule has 1 amide bonds. The van der Waals surface area contributed by atoms with Crippen molar-refractivity contribution >= 4 is 40.6 Å². The number of aromatic nitrogens is 4. The fourth-order valence-corrected chi connectivity index (χ4v) is 4.08. The van der Waals surface area contributed by atoms with Gasteiger partial charge in [-0.05, 0) is 18.9 Å². The van der Waals surface area contributed by atoms with Crippen LogP contribution >= 0.6 is 34.7 Å². The van der Waals surface area contributed by atoms with Gasteiger partial charge in [0.25, 0.3) is 5.91 Å². The molecular formula is C19H20ClN5OS2. The molecule has 1 aromatic carbocycles. The second kappa shape index (κ2) is 9.36. The fourth-order valence-electron chi connectivity index (χ4n) is 2.65. The number of hydrogen-bond donors (Lipinski definition) is 1. The van der Waals surface area contributed by atoms with Gasteiger partial charge >= 0.3 is 0 Å². The van der Waals surface area contributed by atoms with Crippen molar-refractivity contribution in [2.75, 3.05) is 5.75 Å². The number of halogens is 1. The van der Waals surface area contributed by atoms with E-state index in [-0.39, 0.29) is 11.9 Å². The molecule has 1 N–H and O–H groups in total. The average molecular weight is 434 g/mol. The van der Waals surface area contributed by atoms with Gasteiger partial charge in [-0.1, -0.05) is 60.3 Å². The number of nitrogens with one attached hydrogen (secondary N) is 1. The summed E-state index contributed by atoms with van der Waals surface area (Å²) in [5.74, 6) is 0.991. The van der Waals surface area contributed by atoms with Crippen molar-refractivity contribution < 1.29 is 4.79 Å². The average Bonchev–Trinajstić information content (AvgIpc) is 3.26. The van der Waals surface area contributed by atoms with Gasteiger partial charge in [0, 0.05) is 23.2 Å². The molecule has 0 saturated heterocycles. The van der Waals surface area contributed by atoms with Gasteiger partial charge in [-0.25, -0.2) is 4.98 Å². The maximum atomic E-state index is 12.7. The first-order valence-corrected chi connectivity index (χ1v) is 10.8. The predicted octanol–water partition coefficient (Wildman–Crippen LogP) is 4.14. The van der Waals surface area contributed by atoms with E-state index in [1.807, 2.05) is 48.9 Å². The van der Waals surface area contributed by atoms with Crippen molar-refractivity contribution in [3.05, 3.63) is 69.4 Å². The Kier molecular flexibility index (Phi) is 6.88. The number of thioether (sulfide) groups is 1. The lowest BCUT2D eigenvalue weighted by Gasteiger charge is -2.18. The van der Waals surface area contributed by atoms with Crippen molar-refractivity contribution in [2.24, 2.45) is 7.05 Å². The number of carbonyl (C=O) groups excluding carboxylic acids is 1. The van der Waals surface area contributed by atoms with E-state index in [1.165, 1.54) is 23.1 Å². The topological polar surface area (TPSA) is 72.7 Å². The predicted molar refractivity (Wildman–Crippen MR) is 114 cm³/mol. The SMILES string of the molecule is C=C(Cl)CSc1nnc([C@H](Cc2ccccc2)NC(=O)c2csc(C)n2)n1C. The molecule has 9 heteroatoms. The molecule has 3 rings (SSSR count). The fraction of sp³-hybridized carbons (Fsp3) is 0.263. The highest BCUT2D eigenvalue weighted by Crippen LogP contribution is 2.24. The summed E-state index contributed by atoms with van der Waals surface area (Å²) in [5.41, 5.74) is 1.50. The van der Waals surface area contributed by atoms with Crippen LogP contribution in [0.25, 0.3) is 0 Å². The number of rotatable bonds is 8. The molecule has 3 aromatic rings. The molecule has 1 atom stereocenters. The Morgan fingerprint density at radius 2 is 2.11 bits per heavy atom. The largest absolute Gasteiger partial charge is 0.340 e. The third-order valence-corrected chi connectivity index (χ3v) is 6.15. The molecule has 0 aliphatic rings. The molecule has 0 bridgehead atoms. The van der Waals surface area contributed by atoms with Crippen LogP contribution in [0.3, 0.4) is 0 Å².